The van der Waals surface area contributed by atoms with Crippen LogP contribution < -0.4 is 0 Å². The van der Waals surface area contributed by atoms with Gasteiger partial charge < -0.3 is 9.32 Å². The standard InChI is InChI=1S/C21H24N4O2/c1-15-22-20(24(2)23-15)16-9-11-17(12-10-16)21(26)25-13-5-3-4-7-18(25)19-8-6-14-27-19/h6,8-12,14,18H,3-5,7,13H2,1-2H3/t18-/m1/s1. The van der Waals surface area contributed by atoms with Gasteiger partial charge in [0, 0.05) is 24.7 Å². The van der Waals surface area contributed by atoms with E-state index in [1.165, 1.54) is 0 Å². The van der Waals surface area contributed by atoms with Gasteiger partial charge in [-0.05, 0) is 44.0 Å². The molecule has 1 aliphatic rings. The molecule has 0 saturated carbocycles. The topological polar surface area (TPSA) is 64.2 Å². The first-order chi connectivity index (χ1) is 13.1. The normalized spacial score (nSPS) is 17.7. The number of aryl methyl sites for hydroxylation is 2. The van der Waals surface area contributed by atoms with E-state index in [0.29, 0.717) is 5.56 Å². The van der Waals surface area contributed by atoms with Crippen LogP contribution in [0, 0.1) is 6.92 Å². The van der Waals surface area contributed by atoms with Gasteiger partial charge in [0.25, 0.3) is 5.91 Å². The van der Waals surface area contributed by atoms with Crippen LogP contribution in [0.25, 0.3) is 11.4 Å². The lowest BCUT2D eigenvalue weighted by atomic mass is 10.1. The smallest absolute Gasteiger partial charge is 0.254 e. The van der Waals surface area contributed by atoms with Gasteiger partial charge in [-0.1, -0.05) is 25.0 Å². The summed E-state index contributed by atoms with van der Waals surface area (Å²) in [5.41, 5.74) is 1.64. The fourth-order valence-electron chi connectivity index (χ4n) is 3.82. The molecule has 0 aliphatic carbocycles. The van der Waals surface area contributed by atoms with Gasteiger partial charge in [0.05, 0.1) is 12.3 Å². The molecule has 3 heterocycles. The summed E-state index contributed by atoms with van der Waals surface area (Å²) in [4.78, 5) is 19.6. The fraction of sp³-hybridized carbons (Fsp3) is 0.381. The number of furan rings is 1. The van der Waals surface area contributed by atoms with Crippen LogP contribution >= 0.6 is 0 Å². The van der Waals surface area contributed by atoms with E-state index in [-0.39, 0.29) is 11.9 Å². The van der Waals surface area contributed by atoms with Crippen LogP contribution in [0.3, 0.4) is 0 Å². The summed E-state index contributed by atoms with van der Waals surface area (Å²) in [5, 5.41) is 4.29. The molecule has 0 radical (unpaired) electrons. The van der Waals surface area contributed by atoms with E-state index >= 15 is 0 Å². The van der Waals surface area contributed by atoms with E-state index in [9.17, 15) is 4.79 Å². The second kappa shape index (κ2) is 7.39. The third-order valence-corrected chi connectivity index (χ3v) is 5.14. The zero-order chi connectivity index (χ0) is 18.8. The molecule has 27 heavy (non-hydrogen) atoms. The maximum absolute atomic E-state index is 13.2. The number of likely N-dealkylation sites (tertiary alicyclic amines) is 1. The van der Waals surface area contributed by atoms with Crippen molar-refractivity contribution >= 4 is 5.91 Å². The lowest BCUT2D eigenvalue weighted by Gasteiger charge is -2.28. The van der Waals surface area contributed by atoms with Crippen molar-refractivity contribution in [1.29, 1.82) is 0 Å². The predicted molar refractivity (Wildman–Crippen MR) is 102 cm³/mol. The third-order valence-electron chi connectivity index (χ3n) is 5.14. The molecule has 6 nitrogen and oxygen atoms in total. The van der Waals surface area contributed by atoms with Crippen molar-refractivity contribution in [3.05, 3.63) is 59.8 Å². The molecule has 3 aromatic rings. The monoisotopic (exact) mass is 364 g/mol. The quantitative estimate of drug-likeness (QED) is 0.701. The first kappa shape index (κ1) is 17.5. The Kier molecular flexibility index (Phi) is 4.79. The summed E-state index contributed by atoms with van der Waals surface area (Å²) in [7, 11) is 1.87. The Bertz CT molecular complexity index is 912. The summed E-state index contributed by atoms with van der Waals surface area (Å²) in [6.07, 6.45) is 5.90. The summed E-state index contributed by atoms with van der Waals surface area (Å²) in [5.74, 6) is 2.46. The van der Waals surface area contributed by atoms with Gasteiger partial charge in [-0.2, -0.15) is 5.10 Å². The zero-order valence-corrected chi connectivity index (χ0v) is 15.8. The highest BCUT2D eigenvalue weighted by Crippen LogP contribution is 2.32. The molecule has 6 heteroatoms. The number of hydrogen-bond donors (Lipinski definition) is 0. The molecule has 1 saturated heterocycles. The number of amides is 1. The molecule has 0 spiro atoms. The van der Waals surface area contributed by atoms with Gasteiger partial charge in [0.15, 0.2) is 5.82 Å². The highest BCUT2D eigenvalue weighted by Gasteiger charge is 2.29. The fourth-order valence-corrected chi connectivity index (χ4v) is 3.82. The van der Waals surface area contributed by atoms with Gasteiger partial charge in [0.2, 0.25) is 0 Å². The van der Waals surface area contributed by atoms with E-state index < -0.39 is 0 Å². The number of hydrogen-bond acceptors (Lipinski definition) is 4. The van der Waals surface area contributed by atoms with Crippen LogP contribution in [0.4, 0.5) is 0 Å². The second-order valence-corrected chi connectivity index (χ2v) is 7.06. The second-order valence-electron chi connectivity index (χ2n) is 7.06. The molecule has 1 amide bonds. The Morgan fingerprint density at radius 1 is 1.15 bits per heavy atom. The van der Waals surface area contributed by atoms with Crippen molar-refractivity contribution in [1.82, 2.24) is 19.7 Å². The molecule has 1 atom stereocenters. The van der Waals surface area contributed by atoms with Crippen LogP contribution in [0.15, 0.2) is 47.1 Å². The number of aromatic nitrogens is 3. The number of nitrogens with zero attached hydrogens (tertiary/aromatic N) is 4. The van der Waals surface area contributed by atoms with Crippen LogP contribution in [0.1, 0.15) is 53.7 Å². The molecule has 1 fully saturated rings. The lowest BCUT2D eigenvalue weighted by Crippen LogP contribution is -2.34. The maximum Gasteiger partial charge on any atom is 0.254 e. The minimum Gasteiger partial charge on any atom is -0.467 e. The van der Waals surface area contributed by atoms with Crippen molar-refractivity contribution in [3.63, 3.8) is 0 Å². The lowest BCUT2D eigenvalue weighted by molar-refractivity contribution is 0.0658. The zero-order valence-electron chi connectivity index (χ0n) is 15.8. The molecule has 4 rings (SSSR count). The Morgan fingerprint density at radius 3 is 2.63 bits per heavy atom. The van der Waals surface area contributed by atoms with Crippen molar-refractivity contribution in [2.24, 2.45) is 7.05 Å². The first-order valence-corrected chi connectivity index (χ1v) is 9.46. The summed E-state index contributed by atoms with van der Waals surface area (Å²) in [6.45, 7) is 2.63. The van der Waals surface area contributed by atoms with Crippen molar-refractivity contribution < 1.29 is 9.21 Å². The molecule has 0 unspecified atom stereocenters. The Labute approximate surface area is 158 Å². The number of rotatable bonds is 3. The minimum absolute atomic E-state index is 0.0102. The summed E-state index contributed by atoms with van der Waals surface area (Å²) < 4.78 is 7.38. The average Bonchev–Trinajstić information content (AvgIpc) is 3.24. The molecule has 140 valence electrons. The molecule has 0 N–H and O–H groups in total. The van der Waals surface area contributed by atoms with Crippen LogP contribution in [-0.2, 0) is 7.05 Å². The largest absolute Gasteiger partial charge is 0.467 e. The molecule has 0 bridgehead atoms. The minimum atomic E-state index is 0.0102. The number of carbonyl (C=O) groups is 1. The highest BCUT2D eigenvalue weighted by molar-refractivity contribution is 5.95. The van der Waals surface area contributed by atoms with Gasteiger partial charge in [0.1, 0.15) is 11.6 Å². The number of carbonyl (C=O) groups excluding carboxylic acids is 1. The van der Waals surface area contributed by atoms with Gasteiger partial charge >= 0.3 is 0 Å². The van der Waals surface area contributed by atoms with Crippen LogP contribution in [0.2, 0.25) is 0 Å². The van der Waals surface area contributed by atoms with E-state index in [4.69, 9.17) is 4.42 Å². The third kappa shape index (κ3) is 3.52. The van der Waals surface area contributed by atoms with Gasteiger partial charge in [-0.15, -0.1) is 0 Å². The highest BCUT2D eigenvalue weighted by atomic mass is 16.3. The summed E-state index contributed by atoms with van der Waals surface area (Å²) >= 11 is 0. The molecule has 2 aromatic heterocycles. The van der Waals surface area contributed by atoms with Crippen molar-refractivity contribution in [2.75, 3.05) is 6.54 Å². The Hall–Kier alpha value is -2.89. The van der Waals surface area contributed by atoms with E-state index in [1.54, 1.807) is 10.9 Å². The first-order valence-electron chi connectivity index (χ1n) is 9.46. The van der Waals surface area contributed by atoms with E-state index in [0.717, 1.165) is 55.2 Å². The van der Waals surface area contributed by atoms with Crippen molar-refractivity contribution in [3.8, 4) is 11.4 Å². The predicted octanol–water partition coefficient (Wildman–Crippen LogP) is 4.14. The molecule has 1 aliphatic heterocycles. The molecular formula is C21H24N4O2. The van der Waals surface area contributed by atoms with Crippen molar-refractivity contribution in [2.45, 2.75) is 38.6 Å². The number of benzene rings is 1. The Morgan fingerprint density at radius 2 is 1.96 bits per heavy atom. The average molecular weight is 364 g/mol. The van der Waals surface area contributed by atoms with Crippen LogP contribution in [-0.4, -0.2) is 32.1 Å². The maximum atomic E-state index is 13.2. The SMILES string of the molecule is Cc1nc(-c2ccc(C(=O)N3CCCCC[C@@H]3c3ccco3)cc2)n(C)n1. The molecular weight excluding hydrogens is 340 g/mol. The van der Waals surface area contributed by atoms with E-state index in [2.05, 4.69) is 10.1 Å². The Balaban J connectivity index is 1.60. The van der Waals surface area contributed by atoms with E-state index in [1.807, 2.05) is 55.3 Å². The van der Waals surface area contributed by atoms with Gasteiger partial charge in [-0.3, -0.25) is 4.79 Å². The molecule has 1 aromatic carbocycles. The van der Waals surface area contributed by atoms with Crippen LogP contribution in [0.5, 0.6) is 0 Å². The summed E-state index contributed by atoms with van der Waals surface area (Å²) in [6, 6.07) is 11.5. The van der Waals surface area contributed by atoms with Gasteiger partial charge in [-0.25, -0.2) is 9.67 Å².